The van der Waals surface area contributed by atoms with Crippen molar-refractivity contribution in [3.8, 4) is 5.75 Å². The molecule has 176 valence electrons. The van der Waals surface area contributed by atoms with Crippen LogP contribution in [0.15, 0.2) is 72.8 Å². The molecule has 1 aliphatic heterocycles. The van der Waals surface area contributed by atoms with Crippen LogP contribution in [0.3, 0.4) is 0 Å². The Hall–Kier alpha value is -3.64. The zero-order valence-corrected chi connectivity index (χ0v) is 20.0. The van der Waals surface area contributed by atoms with E-state index in [9.17, 15) is 9.59 Å². The standard InChI is InChI=1S/C28H31N3O3/c1-21-9-14-25-26(17-21)34-20-27(32)31(25)19-23-10-12-24(13-11-23)28(33)30(16-15-29(2)3)18-22-7-5-4-6-8-22/h4-14,17H,15-16,18-20H2,1-3H3. The highest BCUT2D eigenvalue weighted by atomic mass is 16.5. The molecule has 6 heteroatoms. The SMILES string of the molecule is Cc1ccc2c(c1)OCC(=O)N2Cc1ccc(C(=O)N(CCN(C)C)Cc2ccccc2)cc1. The topological polar surface area (TPSA) is 53.1 Å². The first kappa shape index (κ1) is 23.5. The predicted molar refractivity (Wildman–Crippen MR) is 134 cm³/mol. The molecule has 0 atom stereocenters. The first-order valence-electron chi connectivity index (χ1n) is 11.5. The number of nitrogens with zero attached hydrogens (tertiary/aromatic N) is 3. The van der Waals surface area contributed by atoms with Gasteiger partial charge in [-0.25, -0.2) is 0 Å². The molecule has 6 nitrogen and oxygen atoms in total. The monoisotopic (exact) mass is 457 g/mol. The van der Waals surface area contributed by atoms with Crippen LogP contribution in [0.2, 0.25) is 0 Å². The van der Waals surface area contributed by atoms with Crippen molar-refractivity contribution in [1.82, 2.24) is 9.80 Å². The Balaban J connectivity index is 1.49. The van der Waals surface area contributed by atoms with Crippen LogP contribution in [0.4, 0.5) is 5.69 Å². The molecule has 0 saturated heterocycles. The van der Waals surface area contributed by atoms with Crippen molar-refractivity contribution in [2.24, 2.45) is 0 Å². The maximum atomic E-state index is 13.3. The van der Waals surface area contributed by atoms with E-state index in [1.807, 2.05) is 98.7 Å². The second-order valence-corrected chi connectivity index (χ2v) is 8.95. The zero-order valence-electron chi connectivity index (χ0n) is 20.0. The normalized spacial score (nSPS) is 12.9. The average molecular weight is 458 g/mol. The van der Waals surface area contributed by atoms with Gasteiger partial charge in [0.05, 0.1) is 12.2 Å². The first-order valence-corrected chi connectivity index (χ1v) is 11.5. The second kappa shape index (κ2) is 10.5. The van der Waals surface area contributed by atoms with Gasteiger partial charge in [-0.05, 0) is 62.0 Å². The maximum Gasteiger partial charge on any atom is 0.265 e. The summed E-state index contributed by atoms with van der Waals surface area (Å²) in [5, 5.41) is 0. The molecule has 0 radical (unpaired) electrons. The quantitative estimate of drug-likeness (QED) is 0.511. The predicted octanol–water partition coefficient (Wildman–Crippen LogP) is 4.12. The molecule has 0 unspecified atom stereocenters. The average Bonchev–Trinajstić information content (AvgIpc) is 2.84. The number of aryl methyl sites for hydroxylation is 1. The molecule has 0 aliphatic carbocycles. The van der Waals surface area contributed by atoms with Gasteiger partial charge in [0.1, 0.15) is 5.75 Å². The largest absolute Gasteiger partial charge is 0.482 e. The van der Waals surface area contributed by atoms with E-state index in [1.54, 1.807) is 4.90 Å². The highest BCUT2D eigenvalue weighted by Gasteiger charge is 2.26. The Labute approximate surface area is 201 Å². The van der Waals surface area contributed by atoms with E-state index in [0.29, 0.717) is 25.2 Å². The minimum Gasteiger partial charge on any atom is -0.482 e. The van der Waals surface area contributed by atoms with Gasteiger partial charge in [-0.3, -0.25) is 9.59 Å². The Morgan fingerprint density at radius 2 is 1.68 bits per heavy atom. The van der Waals surface area contributed by atoms with E-state index in [2.05, 4.69) is 4.90 Å². The Morgan fingerprint density at radius 1 is 0.941 bits per heavy atom. The van der Waals surface area contributed by atoms with E-state index >= 15 is 0 Å². The summed E-state index contributed by atoms with van der Waals surface area (Å²) < 4.78 is 5.61. The van der Waals surface area contributed by atoms with Gasteiger partial charge in [0.15, 0.2) is 6.61 Å². The van der Waals surface area contributed by atoms with Crippen molar-refractivity contribution in [2.75, 3.05) is 38.7 Å². The fraction of sp³-hybridized carbons (Fsp3) is 0.286. The number of ether oxygens (including phenoxy) is 1. The smallest absolute Gasteiger partial charge is 0.265 e. The first-order chi connectivity index (χ1) is 16.4. The third-order valence-electron chi connectivity index (χ3n) is 5.92. The molecule has 2 amide bonds. The van der Waals surface area contributed by atoms with Crippen LogP contribution in [0.25, 0.3) is 0 Å². The van der Waals surface area contributed by atoms with Crippen molar-refractivity contribution >= 4 is 17.5 Å². The zero-order chi connectivity index (χ0) is 24.1. The number of carbonyl (C=O) groups is 2. The lowest BCUT2D eigenvalue weighted by molar-refractivity contribution is -0.121. The fourth-order valence-electron chi connectivity index (χ4n) is 3.98. The summed E-state index contributed by atoms with van der Waals surface area (Å²) in [5.41, 5.74) is 4.57. The Morgan fingerprint density at radius 3 is 2.38 bits per heavy atom. The molecule has 0 aromatic heterocycles. The summed E-state index contributed by atoms with van der Waals surface area (Å²) in [7, 11) is 4.01. The number of anilines is 1. The summed E-state index contributed by atoms with van der Waals surface area (Å²) in [6.45, 7) is 4.46. The lowest BCUT2D eigenvalue weighted by atomic mass is 10.1. The second-order valence-electron chi connectivity index (χ2n) is 8.95. The summed E-state index contributed by atoms with van der Waals surface area (Å²) in [5.74, 6) is 0.651. The van der Waals surface area contributed by atoms with Crippen molar-refractivity contribution in [1.29, 1.82) is 0 Å². The van der Waals surface area contributed by atoms with Gasteiger partial charge in [-0.1, -0.05) is 48.5 Å². The molecule has 3 aromatic rings. The molecule has 1 heterocycles. The molecule has 0 saturated carbocycles. The number of benzene rings is 3. The van der Waals surface area contributed by atoms with Crippen molar-refractivity contribution in [3.05, 3.63) is 95.1 Å². The lowest BCUT2D eigenvalue weighted by Gasteiger charge is -2.29. The molecule has 3 aromatic carbocycles. The van der Waals surface area contributed by atoms with E-state index in [0.717, 1.165) is 34.7 Å². The van der Waals surface area contributed by atoms with Crippen molar-refractivity contribution < 1.29 is 14.3 Å². The van der Waals surface area contributed by atoms with Crippen molar-refractivity contribution in [2.45, 2.75) is 20.0 Å². The molecule has 0 bridgehead atoms. The summed E-state index contributed by atoms with van der Waals surface area (Å²) in [4.78, 5) is 31.6. The van der Waals surface area contributed by atoms with E-state index in [4.69, 9.17) is 4.74 Å². The summed E-state index contributed by atoms with van der Waals surface area (Å²) in [6, 6.07) is 23.5. The number of hydrogen-bond donors (Lipinski definition) is 0. The highest BCUT2D eigenvalue weighted by molar-refractivity contribution is 5.98. The van der Waals surface area contributed by atoms with Crippen molar-refractivity contribution in [3.63, 3.8) is 0 Å². The molecule has 1 aliphatic rings. The number of fused-ring (bicyclic) bond motifs is 1. The van der Waals surface area contributed by atoms with Gasteiger partial charge in [0, 0.05) is 25.2 Å². The number of hydrogen-bond acceptors (Lipinski definition) is 4. The highest BCUT2D eigenvalue weighted by Crippen LogP contribution is 2.33. The molecular weight excluding hydrogens is 426 g/mol. The number of likely N-dealkylation sites (N-methyl/N-ethyl adjacent to an activating group) is 1. The Kier molecular flexibility index (Phi) is 7.28. The molecule has 0 N–H and O–H groups in total. The molecule has 0 fully saturated rings. The third kappa shape index (κ3) is 5.64. The van der Waals surface area contributed by atoms with E-state index in [-0.39, 0.29) is 18.4 Å². The van der Waals surface area contributed by atoms with E-state index < -0.39 is 0 Å². The molecule has 0 spiro atoms. The van der Waals surface area contributed by atoms with Crippen LogP contribution in [0.1, 0.15) is 27.0 Å². The maximum absolute atomic E-state index is 13.3. The van der Waals surface area contributed by atoms with Gasteiger partial charge >= 0.3 is 0 Å². The number of amides is 2. The molecule has 34 heavy (non-hydrogen) atoms. The van der Waals surface area contributed by atoms with Crippen LogP contribution in [0, 0.1) is 6.92 Å². The van der Waals surface area contributed by atoms with Crippen LogP contribution >= 0.6 is 0 Å². The fourth-order valence-corrected chi connectivity index (χ4v) is 3.98. The summed E-state index contributed by atoms with van der Waals surface area (Å²) >= 11 is 0. The summed E-state index contributed by atoms with van der Waals surface area (Å²) in [6.07, 6.45) is 0. The molecular formula is C28H31N3O3. The minimum atomic E-state index is -0.0748. The van der Waals surface area contributed by atoms with Gasteiger partial charge < -0.3 is 19.4 Å². The van der Waals surface area contributed by atoms with Gasteiger partial charge in [0.2, 0.25) is 0 Å². The van der Waals surface area contributed by atoms with Crippen LogP contribution in [-0.4, -0.2) is 55.4 Å². The lowest BCUT2D eigenvalue weighted by Crippen LogP contribution is -2.38. The third-order valence-corrected chi connectivity index (χ3v) is 5.92. The number of carbonyl (C=O) groups excluding carboxylic acids is 2. The van der Waals surface area contributed by atoms with Crippen LogP contribution in [0.5, 0.6) is 5.75 Å². The van der Waals surface area contributed by atoms with E-state index in [1.165, 1.54) is 0 Å². The minimum absolute atomic E-state index is 0.000484. The Bertz CT molecular complexity index is 1140. The van der Waals surface area contributed by atoms with Gasteiger partial charge in [0.25, 0.3) is 11.8 Å². The molecule has 4 rings (SSSR count). The van der Waals surface area contributed by atoms with Gasteiger partial charge in [-0.2, -0.15) is 0 Å². The van der Waals surface area contributed by atoms with Crippen LogP contribution < -0.4 is 9.64 Å². The van der Waals surface area contributed by atoms with Crippen LogP contribution in [-0.2, 0) is 17.9 Å². The number of rotatable bonds is 8. The van der Waals surface area contributed by atoms with Gasteiger partial charge in [-0.15, -0.1) is 0 Å².